The molecule has 0 aliphatic carbocycles. The molecule has 9 nitrogen and oxygen atoms in total. The summed E-state index contributed by atoms with van der Waals surface area (Å²) in [7, 11) is 0. The molecule has 0 atom stereocenters. The predicted molar refractivity (Wildman–Crippen MR) is 103 cm³/mol. The molecule has 0 aliphatic rings. The Kier molecular flexibility index (Phi) is 5.68. The number of aryl methyl sites for hydroxylation is 2. The highest BCUT2D eigenvalue weighted by molar-refractivity contribution is 5.97. The molecule has 1 N–H and O–H groups in total. The van der Waals surface area contributed by atoms with Crippen LogP contribution in [0.1, 0.15) is 21.8 Å². The van der Waals surface area contributed by atoms with Gasteiger partial charge in [-0.3, -0.25) is 14.9 Å². The van der Waals surface area contributed by atoms with Gasteiger partial charge in [0.1, 0.15) is 11.4 Å². The van der Waals surface area contributed by atoms with E-state index in [0.29, 0.717) is 11.1 Å². The highest BCUT2D eigenvalue weighted by atomic mass is 16.6. The van der Waals surface area contributed by atoms with Gasteiger partial charge in [0.2, 0.25) is 5.89 Å². The summed E-state index contributed by atoms with van der Waals surface area (Å²) in [5, 5.41) is 13.5. The number of esters is 1. The fourth-order valence-corrected chi connectivity index (χ4v) is 2.63. The standard InChI is InChI=1S/C20H17N3O6/c1-12-7-6-10-15(23(26)27)17(12)21-16(24)11-28-20(25)18-13(2)29-19(22-18)14-8-4-3-5-9-14/h3-10H,11H2,1-2H3,(H,21,24). The van der Waals surface area contributed by atoms with Crippen molar-refractivity contribution < 1.29 is 23.7 Å². The largest absolute Gasteiger partial charge is 0.451 e. The number of aromatic nitrogens is 1. The summed E-state index contributed by atoms with van der Waals surface area (Å²) in [6, 6.07) is 13.4. The molecule has 1 aromatic heterocycles. The van der Waals surface area contributed by atoms with Crippen LogP contribution in [-0.2, 0) is 9.53 Å². The number of nitrogens with one attached hydrogen (secondary N) is 1. The highest BCUT2D eigenvalue weighted by Gasteiger charge is 2.22. The van der Waals surface area contributed by atoms with Gasteiger partial charge in [0.15, 0.2) is 12.3 Å². The van der Waals surface area contributed by atoms with Crippen LogP contribution in [0, 0.1) is 24.0 Å². The van der Waals surface area contributed by atoms with Crippen LogP contribution in [0.2, 0.25) is 0 Å². The van der Waals surface area contributed by atoms with E-state index in [2.05, 4.69) is 10.3 Å². The van der Waals surface area contributed by atoms with Gasteiger partial charge in [-0.15, -0.1) is 0 Å². The van der Waals surface area contributed by atoms with Crippen molar-refractivity contribution in [3.05, 3.63) is 75.7 Å². The third-order valence-corrected chi connectivity index (χ3v) is 4.06. The molecule has 0 spiro atoms. The first-order chi connectivity index (χ1) is 13.9. The Morgan fingerprint density at radius 1 is 1.14 bits per heavy atom. The lowest BCUT2D eigenvalue weighted by Crippen LogP contribution is -2.22. The first-order valence-electron chi connectivity index (χ1n) is 8.60. The number of nitro benzene ring substituents is 1. The normalized spacial score (nSPS) is 10.4. The van der Waals surface area contributed by atoms with E-state index in [1.54, 1.807) is 32.0 Å². The molecular formula is C20H17N3O6. The van der Waals surface area contributed by atoms with E-state index in [1.165, 1.54) is 12.1 Å². The van der Waals surface area contributed by atoms with Crippen LogP contribution in [0.5, 0.6) is 0 Å². The van der Waals surface area contributed by atoms with Crippen LogP contribution in [0.4, 0.5) is 11.4 Å². The number of carbonyl (C=O) groups excluding carboxylic acids is 2. The van der Waals surface area contributed by atoms with Crippen molar-refractivity contribution in [2.45, 2.75) is 13.8 Å². The number of hydrogen-bond acceptors (Lipinski definition) is 7. The molecule has 0 aliphatic heterocycles. The fraction of sp³-hybridized carbons (Fsp3) is 0.150. The summed E-state index contributed by atoms with van der Waals surface area (Å²) in [6.07, 6.45) is 0. The van der Waals surface area contributed by atoms with Crippen molar-refractivity contribution in [3.63, 3.8) is 0 Å². The maximum atomic E-state index is 12.3. The second-order valence-electron chi connectivity index (χ2n) is 6.14. The smallest absolute Gasteiger partial charge is 0.361 e. The molecule has 1 heterocycles. The average Bonchev–Trinajstić information content (AvgIpc) is 3.10. The van der Waals surface area contributed by atoms with Crippen molar-refractivity contribution in [2.75, 3.05) is 11.9 Å². The number of benzene rings is 2. The fourth-order valence-electron chi connectivity index (χ4n) is 2.63. The molecule has 0 saturated heterocycles. The predicted octanol–water partition coefficient (Wildman–Crippen LogP) is 3.66. The molecule has 29 heavy (non-hydrogen) atoms. The van der Waals surface area contributed by atoms with Crippen molar-refractivity contribution in [2.24, 2.45) is 0 Å². The van der Waals surface area contributed by atoms with E-state index >= 15 is 0 Å². The number of nitro groups is 1. The number of ether oxygens (including phenoxy) is 1. The molecular weight excluding hydrogens is 378 g/mol. The van der Waals surface area contributed by atoms with E-state index in [9.17, 15) is 19.7 Å². The Morgan fingerprint density at radius 3 is 2.55 bits per heavy atom. The molecule has 0 unspecified atom stereocenters. The van der Waals surface area contributed by atoms with E-state index < -0.39 is 23.4 Å². The van der Waals surface area contributed by atoms with E-state index in [-0.39, 0.29) is 28.7 Å². The monoisotopic (exact) mass is 395 g/mol. The zero-order valence-corrected chi connectivity index (χ0v) is 15.7. The molecule has 148 valence electrons. The van der Waals surface area contributed by atoms with Gasteiger partial charge in [0.05, 0.1) is 4.92 Å². The Hall–Kier alpha value is -4.01. The SMILES string of the molecule is Cc1cccc([N+](=O)[O-])c1NC(=O)COC(=O)c1nc(-c2ccccc2)oc1C. The zero-order valence-electron chi connectivity index (χ0n) is 15.7. The van der Waals surface area contributed by atoms with Crippen LogP contribution in [0.25, 0.3) is 11.5 Å². The first kappa shape index (κ1) is 19.7. The third-order valence-electron chi connectivity index (χ3n) is 4.06. The molecule has 0 bridgehead atoms. The lowest BCUT2D eigenvalue weighted by atomic mass is 10.1. The zero-order chi connectivity index (χ0) is 21.0. The van der Waals surface area contributed by atoms with Crippen LogP contribution in [-0.4, -0.2) is 28.4 Å². The van der Waals surface area contributed by atoms with Crippen molar-refractivity contribution in [1.82, 2.24) is 4.98 Å². The van der Waals surface area contributed by atoms with Crippen LogP contribution in [0.15, 0.2) is 52.9 Å². The van der Waals surface area contributed by atoms with Gasteiger partial charge in [-0.25, -0.2) is 9.78 Å². The minimum atomic E-state index is -0.831. The summed E-state index contributed by atoms with van der Waals surface area (Å²) in [4.78, 5) is 39.1. The summed E-state index contributed by atoms with van der Waals surface area (Å²) >= 11 is 0. The summed E-state index contributed by atoms with van der Waals surface area (Å²) in [5.41, 5.74) is 0.976. The lowest BCUT2D eigenvalue weighted by molar-refractivity contribution is -0.384. The van der Waals surface area contributed by atoms with Gasteiger partial charge in [-0.05, 0) is 31.5 Å². The second kappa shape index (κ2) is 8.34. The van der Waals surface area contributed by atoms with Crippen LogP contribution >= 0.6 is 0 Å². The number of rotatable bonds is 6. The van der Waals surface area contributed by atoms with Crippen LogP contribution in [0.3, 0.4) is 0 Å². The minimum absolute atomic E-state index is 0.0430. The van der Waals surface area contributed by atoms with E-state index in [4.69, 9.17) is 9.15 Å². The Balaban J connectivity index is 1.67. The number of anilines is 1. The molecule has 1 amide bonds. The van der Waals surface area contributed by atoms with Crippen LogP contribution < -0.4 is 5.32 Å². The molecule has 0 radical (unpaired) electrons. The molecule has 0 saturated carbocycles. The summed E-state index contributed by atoms with van der Waals surface area (Å²) in [5.74, 6) is -1.03. The minimum Gasteiger partial charge on any atom is -0.451 e. The van der Waals surface area contributed by atoms with Crippen molar-refractivity contribution in [3.8, 4) is 11.5 Å². The number of hydrogen-bond donors (Lipinski definition) is 1. The average molecular weight is 395 g/mol. The Bertz CT molecular complexity index is 1080. The number of oxazole rings is 1. The Morgan fingerprint density at radius 2 is 1.86 bits per heavy atom. The summed E-state index contributed by atoms with van der Waals surface area (Å²) in [6.45, 7) is 2.56. The van der Waals surface area contributed by atoms with Gasteiger partial charge in [-0.1, -0.05) is 30.3 Å². The molecule has 0 fully saturated rings. The first-order valence-corrected chi connectivity index (χ1v) is 8.60. The van der Waals surface area contributed by atoms with E-state index in [0.717, 1.165) is 0 Å². The lowest BCUT2D eigenvalue weighted by Gasteiger charge is -2.09. The Labute approximate surface area is 165 Å². The van der Waals surface area contributed by atoms with E-state index in [1.807, 2.05) is 18.2 Å². The van der Waals surface area contributed by atoms with Crippen molar-refractivity contribution >= 4 is 23.3 Å². The number of nitrogens with zero attached hydrogens (tertiary/aromatic N) is 2. The molecule has 9 heteroatoms. The molecule has 2 aromatic carbocycles. The quantitative estimate of drug-likeness (QED) is 0.383. The summed E-state index contributed by atoms with van der Waals surface area (Å²) < 4.78 is 10.5. The third kappa shape index (κ3) is 4.46. The van der Waals surface area contributed by atoms with Gasteiger partial charge < -0.3 is 14.5 Å². The maximum Gasteiger partial charge on any atom is 0.361 e. The maximum absolute atomic E-state index is 12.3. The number of carbonyl (C=O) groups is 2. The van der Waals surface area contributed by atoms with Gasteiger partial charge in [-0.2, -0.15) is 0 Å². The second-order valence-corrected chi connectivity index (χ2v) is 6.14. The van der Waals surface area contributed by atoms with Crippen molar-refractivity contribution in [1.29, 1.82) is 0 Å². The van der Waals surface area contributed by atoms with Gasteiger partial charge in [0, 0.05) is 11.6 Å². The topological polar surface area (TPSA) is 125 Å². The number of amides is 1. The number of para-hydroxylation sites is 1. The molecule has 3 rings (SSSR count). The van der Waals surface area contributed by atoms with Gasteiger partial charge in [0.25, 0.3) is 11.6 Å². The molecule has 3 aromatic rings. The van der Waals surface area contributed by atoms with Gasteiger partial charge >= 0.3 is 5.97 Å². The highest BCUT2D eigenvalue weighted by Crippen LogP contribution is 2.27.